The molecule has 0 unspecified atom stereocenters. The van der Waals surface area contributed by atoms with Crippen LogP contribution in [-0.4, -0.2) is 48.1 Å². The molecule has 2 amide bonds. The fourth-order valence-corrected chi connectivity index (χ4v) is 3.38. The minimum atomic E-state index is -0.562. The molecule has 0 radical (unpaired) electrons. The van der Waals surface area contributed by atoms with Crippen molar-refractivity contribution in [2.75, 3.05) is 26.2 Å². The van der Waals surface area contributed by atoms with Crippen molar-refractivity contribution in [1.29, 1.82) is 0 Å². The van der Waals surface area contributed by atoms with Crippen LogP contribution in [0, 0.1) is 0 Å². The fraction of sp³-hybridized carbons (Fsp3) is 0.273. The van der Waals surface area contributed by atoms with Crippen LogP contribution in [0.1, 0.15) is 12.0 Å². The number of halogens is 2. The number of amides is 2. The number of para-hydroxylation sites is 1. The highest BCUT2D eigenvalue weighted by molar-refractivity contribution is 6.42. The zero-order valence-electron chi connectivity index (χ0n) is 16.2. The van der Waals surface area contributed by atoms with E-state index in [-0.39, 0.29) is 25.3 Å². The van der Waals surface area contributed by atoms with Crippen LogP contribution < -0.4 is 10.1 Å². The summed E-state index contributed by atoms with van der Waals surface area (Å²) >= 11 is 11.9. The maximum atomic E-state index is 12.4. The predicted octanol–water partition coefficient (Wildman–Crippen LogP) is 3.78. The van der Waals surface area contributed by atoms with Crippen molar-refractivity contribution >= 4 is 35.0 Å². The van der Waals surface area contributed by atoms with E-state index in [1.165, 1.54) is 4.90 Å². The van der Waals surface area contributed by atoms with E-state index in [1.54, 1.807) is 12.1 Å². The molecule has 0 spiro atoms. The molecule has 0 saturated carbocycles. The molecule has 1 aliphatic heterocycles. The van der Waals surface area contributed by atoms with Crippen molar-refractivity contribution in [2.45, 2.75) is 12.8 Å². The molecule has 158 valence electrons. The second-order valence-electron chi connectivity index (χ2n) is 6.82. The minimum absolute atomic E-state index is 0.0570. The van der Waals surface area contributed by atoms with Crippen LogP contribution in [0.5, 0.6) is 5.75 Å². The van der Waals surface area contributed by atoms with E-state index in [4.69, 9.17) is 27.9 Å². The summed E-state index contributed by atoms with van der Waals surface area (Å²) in [5.74, 6) is -0.813. The molecule has 2 aromatic rings. The molecule has 8 heteroatoms. The summed E-state index contributed by atoms with van der Waals surface area (Å²) in [6.07, 6.45) is 1.39. The summed E-state index contributed by atoms with van der Waals surface area (Å²) in [5, 5.41) is 13.8. The van der Waals surface area contributed by atoms with Gasteiger partial charge < -0.3 is 20.1 Å². The number of aliphatic hydroxyl groups is 1. The Bertz CT molecular complexity index is 947. The second kappa shape index (κ2) is 10.4. The Hall–Kier alpha value is -2.70. The fourth-order valence-electron chi connectivity index (χ4n) is 3.06. The number of aryl methyl sites for hydroxylation is 1. The van der Waals surface area contributed by atoms with Gasteiger partial charge in [-0.25, -0.2) is 0 Å². The highest BCUT2D eigenvalue weighted by Crippen LogP contribution is 2.23. The van der Waals surface area contributed by atoms with Crippen molar-refractivity contribution in [3.05, 3.63) is 75.5 Å². The lowest BCUT2D eigenvalue weighted by Gasteiger charge is -2.16. The van der Waals surface area contributed by atoms with E-state index in [2.05, 4.69) is 5.32 Å². The lowest BCUT2D eigenvalue weighted by atomic mass is 10.1. The van der Waals surface area contributed by atoms with Gasteiger partial charge in [-0.15, -0.1) is 0 Å². The molecule has 2 N–H and O–H groups in total. The number of hydrogen-bond acceptors (Lipinski definition) is 4. The van der Waals surface area contributed by atoms with Gasteiger partial charge in [0.15, 0.2) is 5.76 Å². The van der Waals surface area contributed by atoms with Crippen LogP contribution >= 0.6 is 23.2 Å². The number of hydrogen-bond donors (Lipinski definition) is 2. The summed E-state index contributed by atoms with van der Waals surface area (Å²) in [7, 11) is 0. The summed E-state index contributed by atoms with van der Waals surface area (Å²) in [5.41, 5.74) is 1.09. The van der Waals surface area contributed by atoms with E-state index in [1.807, 2.05) is 36.4 Å². The minimum Gasteiger partial charge on any atom is -0.503 e. The average Bonchev–Trinajstić information content (AvgIpc) is 3.03. The van der Waals surface area contributed by atoms with E-state index < -0.39 is 17.6 Å². The van der Waals surface area contributed by atoms with Gasteiger partial charge in [0.2, 0.25) is 0 Å². The lowest BCUT2D eigenvalue weighted by Crippen LogP contribution is -2.33. The normalized spacial score (nSPS) is 13.7. The van der Waals surface area contributed by atoms with E-state index in [9.17, 15) is 14.7 Å². The molecular weight excluding hydrogens is 427 g/mol. The zero-order chi connectivity index (χ0) is 21.5. The molecule has 30 heavy (non-hydrogen) atoms. The lowest BCUT2D eigenvalue weighted by molar-refractivity contribution is -0.128. The quantitative estimate of drug-likeness (QED) is 0.572. The first-order chi connectivity index (χ1) is 14.5. The molecule has 0 aromatic heterocycles. The summed E-state index contributed by atoms with van der Waals surface area (Å²) < 4.78 is 5.57. The standard InChI is InChI=1S/C22H22Cl2N2O4/c23-18-9-8-15(13-19(18)24)5-4-10-25-21(28)17-14-26(22(29)20(17)27)11-12-30-16-6-2-1-3-7-16/h1-3,6-9,13,27H,4-5,10-12,14H2,(H,25,28). The monoisotopic (exact) mass is 448 g/mol. The first-order valence-electron chi connectivity index (χ1n) is 9.57. The van der Waals surface area contributed by atoms with Crippen LogP contribution in [0.15, 0.2) is 59.9 Å². The van der Waals surface area contributed by atoms with Gasteiger partial charge in [-0.2, -0.15) is 0 Å². The largest absolute Gasteiger partial charge is 0.503 e. The van der Waals surface area contributed by atoms with Crippen molar-refractivity contribution in [2.24, 2.45) is 0 Å². The number of aliphatic hydroxyl groups excluding tert-OH is 1. The van der Waals surface area contributed by atoms with Crippen LogP contribution in [0.4, 0.5) is 0 Å². The summed E-state index contributed by atoms with van der Waals surface area (Å²) in [6, 6.07) is 14.6. The molecule has 6 nitrogen and oxygen atoms in total. The molecule has 0 aliphatic carbocycles. The van der Waals surface area contributed by atoms with E-state index >= 15 is 0 Å². The number of carbonyl (C=O) groups excluding carboxylic acids is 2. The molecule has 1 heterocycles. The molecule has 2 aromatic carbocycles. The van der Waals surface area contributed by atoms with Gasteiger partial charge in [0.25, 0.3) is 11.8 Å². The maximum Gasteiger partial charge on any atom is 0.289 e. The van der Waals surface area contributed by atoms with E-state index in [0.717, 1.165) is 5.56 Å². The van der Waals surface area contributed by atoms with Crippen molar-refractivity contribution in [3.63, 3.8) is 0 Å². The van der Waals surface area contributed by atoms with Crippen LogP contribution in [0.25, 0.3) is 0 Å². The van der Waals surface area contributed by atoms with Crippen LogP contribution in [0.2, 0.25) is 10.0 Å². The molecule has 0 saturated heterocycles. The van der Waals surface area contributed by atoms with Gasteiger partial charge >= 0.3 is 0 Å². The predicted molar refractivity (Wildman–Crippen MR) is 116 cm³/mol. The van der Waals surface area contributed by atoms with Gasteiger partial charge in [0.05, 0.1) is 28.7 Å². The van der Waals surface area contributed by atoms with Crippen molar-refractivity contribution < 1.29 is 19.4 Å². The van der Waals surface area contributed by atoms with Gasteiger partial charge in [-0.3, -0.25) is 9.59 Å². The van der Waals surface area contributed by atoms with Gasteiger partial charge in [0, 0.05) is 6.54 Å². The Kier molecular flexibility index (Phi) is 7.60. The molecule has 0 atom stereocenters. The molecule has 1 aliphatic rings. The molecular formula is C22H22Cl2N2O4. The number of nitrogens with zero attached hydrogens (tertiary/aromatic N) is 1. The number of benzene rings is 2. The third-order valence-electron chi connectivity index (χ3n) is 4.68. The highest BCUT2D eigenvalue weighted by Gasteiger charge is 2.33. The van der Waals surface area contributed by atoms with E-state index in [0.29, 0.717) is 35.2 Å². The summed E-state index contributed by atoms with van der Waals surface area (Å²) in [6.45, 7) is 0.996. The third-order valence-corrected chi connectivity index (χ3v) is 5.42. The van der Waals surface area contributed by atoms with Crippen LogP contribution in [0.3, 0.4) is 0 Å². The zero-order valence-corrected chi connectivity index (χ0v) is 17.7. The molecule has 0 bridgehead atoms. The number of rotatable bonds is 9. The number of nitrogens with one attached hydrogen (secondary N) is 1. The van der Waals surface area contributed by atoms with Crippen LogP contribution in [-0.2, 0) is 16.0 Å². The Morgan fingerprint density at radius 3 is 2.63 bits per heavy atom. The Morgan fingerprint density at radius 1 is 1.13 bits per heavy atom. The Morgan fingerprint density at radius 2 is 1.90 bits per heavy atom. The number of ether oxygens (including phenoxy) is 1. The topological polar surface area (TPSA) is 78.9 Å². The second-order valence-corrected chi connectivity index (χ2v) is 7.64. The SMILES string of the molecule is O=C(NCCCc1ccc(Cl)c(Cl)c1)C1=C(O)C(=O)N(CCOc2ccccc2)C1. The third kappa shape index (κ3) is 5.68. The summed E-state index contributed by atoms with van der Waals surface area (Å²) in [4.78, 5) is 26.0. The first-order valence-corrected chi connectivity index (χ1v) is 10.3. The maximum absolute atomic E-state index is 12.4. The van der Waals surface area contributed by atoms with Gasteiger partial charge in [0.1, 0.15) is 12.4 Å². The molecule has 0 fully saturated rings. The van der Waals surface area contributed by atoms with Gasteiger partial charge in [-0.1, -0.05) is 47.5 Å². The molecule has 3 rings (SSSR count). The Labute approximate surface area is 185 Å². The highest BCUT2D eigenvalue weighted by atomic mass is 35.5. The first kappa shape index (κ1) is 22.0. The van der Waals surface area contributed by atoms with Gasteiger partial charge in [-0.05, 0) is 42.7 Å². The smallest absolute Gasteiger partial charge is 0.289 e. The number of carbonyl (C=O) groups is 2. The van der Waals surface area contributed by atoms with Crippen molar-refractivity contribution in [1.82, 2.24) is 10.2 Å². The Balaban J connectivity index is 1.42. The average molecular weight is 449 g/mol. The van der Waals surface area contributed by atoms with Crippen molar-refractivity contribution in [3.8, 4) is 5.75 Å².